The molecule has 0 heterocycles. The Kier molecular flexibility index (Phi) is 1.57. The minimum absolute atomic E-state index is 0.464. The van der Waals surface area contributed by atoms with Crippen molar-refractivity contribution >= 4 is 10.5 Å². The Morgan fingerprint density at radius 1 is 1.00 bits per heavy atom. The van der Waals surface area contributed by atoms with Crippen molar-refractivity contribution in [1.29, 1.82) is 0 Å². The standard InChI is InChI=1S/C4H5O2.6FH.Ni/c1-4(6)2-3-5;;;;;;;/h2H2,1H3;6*1H;/q;;;;;;;+6/p-6. The zero-order valence-corrected chi connectivity index (χ0v) is 7.10. The van der Waals surface area contributed by atoms with Crippen LogP contribution in [-0.2, 0) is 21.6 Å². The molecular weight excluding hydrogens is 253 g/mol. The monoisotopic (exact) mass is 257 g/mol. The molecule has 0 aliphatic carbocycles. The molecule has 0 spiro atoms. The van der Waals surface area contributed by atoms with E-state index in [9.17, 15) is 31.2 Å². The summed E-state index contributed by atoms with van der Waals surface area (Å²) in [6.07, 6.45) is -2.19. The Hall–Kier alpha value is -0.586. The van der Waals surface area contributed by atoms with E-state index in [1.165, 1.54) is 0 Å². The summed E-state index contributed by atoms with van der Waals surface area (Å²) >= 11 is -12.3. The van der Waals surface area contributed by atoms with Gasteiger partial charge in [-0.25, -0.2) is 0 Å². The van der Waals surface area contributed by atoms with Gasteiger partial charge in [0.25, 0.3) is 0 Å². The van der Waals surface area contributed by atoms with Crippen LogP contribution in [0.5, 0.6) is 0 Å². The van der Waals surface area contributed by atoms with Crippen molar-refractivity contribution < 1.29 is 43.2 Å². The summed E-state index contributed by atoms with van der Waals surface area (Å²) in [6, 6.07) is 0. The molecule has 85 valence electrons. The fourth-order valence-corrected chi connectivity index (χ4v) is 0.949. The predicted molar refractivity (Wildman–Crippen MR) is 27.0 cm³/mol. The molecule has 0 aromatic carbocycles. The molecule has 0 unspecified atom stereocenters. The molecule has 0 rings (SSSR count). The first kappa shape index (κ1) is 12.4. The molecule has 0 aliphatic rings. The zero-order valence-electron chi connectivity index (χ0n) is 6.11. The molecule has 2 nitrogen and oxygen atoms in total. The third-order valence-corrected chi connectivity index (χ3v) is 2.20. The van der Waals surface area contributed by atoms with Gasteiger partial charge in [0.15, 0.2) is 0 Å². The Labute approximate surface area is 67.9 Å². The second-order valence-electron chi connectivity index (χ2n) is 2.24. The van der Waals surface area contributed by atoms with Gasteiger partial charge in [-0.05, 0) is 0 Å². The number of hydrogen-bond acceptors (Lipinski definition) is 2. The topological polar surface area (TPSA) is 34.1 Å². The first-order chi connectivity index (χ1) is 5.03. The normalized spacial score (nSPS) is 20.7. The Bertz CT molecular complexity index is 286. The molecule has 0 fully saturated rings. The summed E-state index contributed by atoms with van der Waals surface area (Å²) in [7, 11) is 0. The molecule has 0 atom stereocenters. The molecule has 0 aromatic rings. The summed E-state index contributed by atoms with van der Waals surface area (Å²) in [5, 5.41) is 0. The van der Waals surface area contributed by atoms with Crippen molar-refractivity contribution in [3.63, 3.8) is 0 Å². The second-order valence-corrected chi connectivity index (χ2v) is 6.02. The van der Waals surface area contributed by atoms with Crippen molar-refractivity contribution in [3.05, 3.63) is 0 Å². The van der Waals surface area contributed by atoms with E-state index >= 15 is 0 Å². The summed E-state index contributed by atoms with van der Waals surface area (Å²) in [5.41, 5.74) is 0. The van der Waals surface area contributed by atoms with Gasteiger partial charge in [-0.3, -0.25) is 0 Å². The summed E-state index contributed by atoms with van der Waals surface area (Å²) in [4.78, 5) is 19.8. The SMILES string of the molecule is CC(=O)C[C](=O)[Ni]([F])([F])([F])([F])([F])[F]. The molecule has 9 heteroatoms. The molecule has 0 amide bonds. The molecule has 0 aromatic heterocycles. The quantitative estimate of drug-likeness (QED) is 0.442. The van der Waals surface area contributed by atoms with E-state index in [1.54, 1.807) is 0 Å². The predicted octanol–water partition coefficient (Wildman–Crippen LogP) is 2.56. The van der Waals surface area contributed by atoms with Gasteiger partial charge < -0.3 is 0 Å². The van der Waals surface area contributed by atoms with E-state index in [0.717, 1.165) is 0 Å². The first-order valence-corrected chi connectivity index (χ1v) is 5.22. The number of carbonyl (C=O) groups is 2. The molecule has 0 saturated carbocycles. The van der Waals surface area contributed by atoms with Gasteiger partial charge in [0.05, 0.1) is 0 Å². The molecular formula is C4H5F6NiO2. The number of hydrogen-bond donors (Lipinski definition) is 0. The zero-order chi connectivity index (χ0) is 11.2. The van der Waals surface area contributed by atoms with Crippen LogP contribution in [0.15, 0.2) is 0 Å². The van der Waals surface area contributed by atoms with Crippen molar-refractivity contribution in [3.8, 4) is 0 Å². The van der Waals surface area contributed by atoms with Crippen LogP contribution in [0.2, 0.25) is 0 Å². The molecule has 0 radical (unpaired) electrons. The summed E-state index contributed by atoms with van der Waals surface area (Å²) in [6.45, 7) is 0.464. The number of rotatable bonds is 3. The summed E-state index contributed by atoms with van der Waals surface area (Å²) in [5.74, 6) is -1.49. The van der Waals surface area contributed by atoms with Gasteiger partial charge in [0.2, 0.25) is 0 Å². The van der Waals surface area contributed by atoms with E-state index in [1.807, 2.05) is 0 Å². The van der Waals surface area contributed by atoms with Crippen molar-refractivity contribution in [2.24, 2.45) is 0 Å². The van der Waals surface area contributed by atoms with Gasteiger partial charge in [0.1, 0.15) is 0 Å². The van der Waals surface area contributed by atoms with Crippen molar-refractivity contribution in [1.82, 2.24) is 0 Å². The maximum atomic E-state index is 11.5. The molecule has 13 heavy (non-hydrogen) atoms. The number of halogens is 6. The van der Waals surface area contributed by atoms with Crippen molar-refractivity contribution in [2.75, 3.05) is 0 Å². The van der Waals surface area contributed by atoms with Crippen LogP contribution in [0.1, 0.15) is 13.3 Å². The van der Waals surface area contributed by atoms with Crippen molar-refractivity contribution in [2.45, 2.75) is 13.3 Å². The second kappa shape index (κ2) is 1.65. The van der Waals surface area contributed by atoms with Crippen LogP contribution in [-0.4, -0.2) is 10.5 Å². The van der Waals surface area contributed by atoms with Crippen LogP contribution < -0.4 is 0 Å². The number of Topliss-reactive ketones (excluding diaryl/α,β-unsaturated/α-hetero) is 1. The molecule has 0 aliphatic heterocycles. The van der Waals surface area contributed by atoms with Crippen LogP contribution in [0.3, 0.4) is 0 Å². The van der Waals surface area contributed by atoms with Gasteiger partial charge in [-0.1, -0.05) is 0 Å². The maximum absolute atomic E-state index is 12.3. The third-order valence-electron chi connectivity index (χ3n) is 0.777. The molecule has 0 bridgehead atoms. The number of ketones is 1. The van der Waals surface area contributed by atoms with E-state index in [4.69, 9.17) is 0 Å². The fourth-order valence-electron chi connectivity index (χ4n) is 0.307. The van der Waals surface area contributed by atoms with E-state index < -0.39 is 28.9 Å². The van der Waals surface area contributed by atoms with Gasteiger partial charge in [-0.2, -0.15) is 0 Å². The van der Waals surface area contributed by atoms with Gasteiger partial charge in [-0.15, -0.1) is 0 Å². The summed E-state index contributed by atoms with van der Waals surface area (Å²) < 4.78 is 65.1. The Morgan fingerprint density at radius 3 is 1.38 bits per heavy atom. The third kappa shape index (κ3) is 4.26. The molecule has 0 saturated heterocycles. The van der Waals surface area contributed by atoms with Crippen LogP contribution in [0, 0.1) is 0 Å². The van der Waals surface area contributed by atoms with Gasteiger partial charge in [0, 0.05) is 0 Å². The molecule has 0 N–H and O–H groups in total. The van der Waals surface area contributed by atoms with E-state index in [0.29, 0.717) is 6.92 Å². The van der Waals surface area contributed by atoms with Crippen LogP contribution in [0.4, 0.5) is 21.6 Å². The van der Waals surface area contributed by atoms with Crippen LogP contribution in [0.25, 0.3) is 0 Å². The average Bonchev–Trinajstić information content (AvgIpc) is 1.53. The number of carbonyl (C=O) groups excluding carboxylic acids is 2. The van der Waals surface area contributed by atoms with Crippen LogP contribution >= 0.6 is 0 Å². The van der Waals surface area contributed by atoms with Gasteiger partial charge >= 0.3 is 67.1 Å². The fraction of sp³-hybridized carbons (Fsp3) is 0.500. The van der Waals surface area contributed by atoms with E-state index in [-0.39, 0.29) is 0 Å². The Morgan fingerprint density at radius 2 is 1.31 bits per heavy atom. The van der Waals surface area contributed by atoms with E-state index in [2.05, 4.69) is 0 Å². The Balaban J connectivity index is 5.35. The first-order valence-electron chi connectivity index (χ1n) is 2.49. The minimum atomic E-state index is -12.3. The average molecular weight is 258 g/mol.